The molecule has 2 aliphatic heterocycles. The average Bonchev–Trinajstić information content (AvgIpc) is 3.15. The summed E-state index contributed by atoms with van der Waals surface area (Å²) in [5.41, 5.74) is 9.92. The van der Waals surface area contributed by atoms with Crippen LogP contribution in [0.2, 0.25) is 0 Å². The summed E-state index contributed by atoms with van der Waals surface area (Å²) >= 11 is 3.48. The van der Waals surface area contributed by atoms with Gasteiger partial charge in [-0.25, -0.2) is 5.43 Å². The Bertz CT molecular complexity index is 803. The molecule has 4 rings (SSSR count). The molecular weight excluding hydrogens is 390 g/mol. The molecule has 0 radical (unpaired) electrons. The summed E-state index contributed by atoms with van der Waals surface area (Å²) in [6.07, 6.45) is 0. The summed E-state index contributed by atoms with van der Waals surface area (Å²) in [5, 5.41) is 0. The number of anilines is 1. The number of hydrogen-bond donors (Lipinski definition) is 2. The Morgan fingerprint density at radius 1 is 1.00 bits per heavy atom. The number of benzene rings is 2. The summed E-state index contributed by atoms with van der Waals surface area (Å²) in [7, 11) is 0. The zero-order valence-corrected chi connectivity index (χ0v) is 16.8. The fraction of sp³-hybridized carbons (Fsp3) is 0.381. The first kappa shape index (κ1) is 17.7. The SMILES string of the molecule is CC(C)c1ccc(C2C3C(C)NNC3C(=O)N2c2ccc(Br)cc2)cc1. The van der Waals surface area contributed by atoms with Crippen molar-refractivity contribution in [1.29, 1.82) is 0 Å². The molecule has 2 heterocycles. The smallest absolute Gasteiger partial charge is 0.246 e. The minimum atomic E-state index is -0.191. The molecule has 136 valence electrons. The van der Waals surface area contributed by atoms with Gasteiger partial charge in [-0.3, -0.25) is 10.2 Å². The molecule has 5 heteroatoms. The van der Waals surface area contributed by atoms with Crippen molar-refractivity contribution in [3.63, 3.8) is 0 Å². The summed E-state index contributed by atoms with van der Waals surface area (Å²) < 4.78 is 1.01. The molecule has 1 amide bonds. The Balaban J connectivity index is 1.78. The van der Waals surface area contributed by atoms with Gasteiger partial charge in [0.25, 0.3) is 0 Å². The van der Waals surface area contributed by atoms with E-state index in [1.165, 1.54) is 11.1 Å². The summed E-state index contributed by atoms with van der Waals surface area (Å²) in [5.74, 6) is 0.821. The quantitative estimate of drug-likeness (QED) is 0.794. The number of nitrogens with one attached hydrogen (secondary N) is 2. The molecule has 2 aromatic carbocycles. The number of halogens is 1. The highest BCUT2D eigenvalue weighted by atomic mass is 79.9. The number of fused-ring (bicyclic) bond motifs is 1. The van der Waals surface area contributed by atoms with Crippen LogP contribution in [0.25, 0.3) is 0 Å². The minimum Gasteiger partial charge on any atom is -0.303 e. The van der Waals surface area contributed by atoms with Crippen LogP contribution in [0.3, 0.4) is 0 Å². The Kier molecular flexibility index (Phi) is 4.63. The summed E-state index contributed by atoms with van der Waals surface area (Å²) in [6.45, 7) is 6.54. The van der Waals surface area contributed by atoms with Crippen LogP contribution in [0, 0.1) is 5.92 Å². The molecule has 2 saturated heterocycles. The molecule has 0 spiro atoms. The first-order chi connectivity index (χ1) is 12.5. The van der Waals surface area contributed by atoms with Gasteiger partial charge in [-0.2, -0.15) is 0 Å². The van der Waals surface area contributed by atoms with Crippen molar-refractivity contribution in [1.82, 2.24) is 10.9 Å². The van der Waals surface area contributed by atoms with Crippen molar-refractivity contribution < 1.29 is 4.79 Å². The van der Waals surface area contributed by atoms with Crippen molar-refractivity contribution in [2.75, 3.05) is 4.90 Å². The zero-order valence-electron chi connectivity index (χ0n) is 15.2. The van der Waals surface area contributed by atoms with Gasteiger partial charge in [-0.1, -0.05) is 54.0 Å². The standard InChI is InChI=1S/C21H24BrN3O/c1-12(2)14-4-6-15(7-5-14)20-18-13(3)23-24-19(18)21(26)25(20)17-10-8-16(22)9-11-17/h4-13,18-20,23-24H,1-3H3. The topological polar surface area (TPSA) is 44.4 Å². The third-order valence-electron chi connectivity index (χ3n) is 5.62. The van der Waals surface area contributed by atoms with E-state index in [-0.39, 0.29) is 30.0 Å². The molecule has 2 aliphatic rings. The van der Waals surface area contributed by atoms with E-state index in [0.717, 1.165) is 10.2 Å². The minimum absolute atomic E-state index is 0.0207. The lowest BCUT2D eigenvalue weighted by atomic mass is 9.86. The maximum atomic E-state index is 13.2. The third-order valence-corrected chi connectivity index (χ3v) is 6.15. The Hall–Kier alpha value is -1.69. The van der Waals surface area contributed by atoms with Gasteiger partial charge in [0, 0.05) is 22.1 Å². The summed E-state index contributed by atoms with van der Waals surface area (Å²) in [6, 6.07) is 16.8. The largest absolute Gasteiger partial charge is 0.303 e. The van der Waals surface area contributed by atoms with Gasteiger partial charge in [0.2, 0.25) is 5.91 Å². The molecule has 4 atom stereocenters. The van der Waals surface area contributed by atoms with Crippen molar-refractivity contribution >= 4 is 27.5 Å². The van der Waals surface area contributed by atoms with E-state index in [1.807, 2.05) is 29.2 Å². The lowest BCUT2D eigenvalue weighted by Gasteiger charge is -2.30. The van der Waals surface area contributed by atoms with Gasteiger partial charge >= 0.3 is 0 Å². The molecule has 2 fully saturated rings. The van der Waals surface area contributed by atoms with Crippen LogP contribution in [-0.4, -0.2) is 18.0 Å². The van der Waals surface area contributed by atoms with E-state index in [4.69, 9.17) is 0 Å². The normalized spacial score (nSPS) is 28.0. The molecule has 0 bridgehead atoms. The first-order valence-corrected chi connectivity index (χ1v) is 9.96. The number of amides is 1. The fourth-order valence-electron chi connectivity index (χ4n) is 4.18. The molecule has 26 heavy (non-hydrogen) atoms. The number of carbonyl (C=O) groups is 1. The highest BCUT2D eigenvalue weighted by Crippen LogP contribution is 2.44. The molecule has 0 saturated carbocycles. The Labute approximate surface area is 163 Å². The highest BCUT2D eigenvalue weighted by molar-refractivity contribution is 9.10. The molecule has 4 unspecified atom stereocenters. The van der Waals surface area contributed by atoms with E-state index in [1.54, 1.807) is 0 Å². The van der Waals surface area contributed by atoms with Gasteiger partial charge < -0.3 is 4.90 Å². The summed E-state index contributed by atoms with van der Waals surface area (Å²) in [4.78, 5) is 15.2. The van der Waals surface area contributed by atoms with Gasteiger partial charge in [-0.05, 0) is 48.2 Å². The first-order valence-electron chi connectivity index (χ1n) is 9.17. The van der Waals surface area contributed by atoms with E-state index in [0.29, 0.717) is 5.92 Å². The second-order valence-electron chi connectivity index (χ2n) is 7.58. The second kappa shape index (κ2) is 6.80. The number of nitrogens with zero attached hydrogens (tertiary/aromatic N) is 1. The van der Waals surface area contributed by atoms with E-state index in [2.05, 4.69) is 71.8 Å². The Morgan fingerprint density at radius 3 is 2.27 bits per heavy atom. The van der Waals surface area contributed by atoms with Gasteiger partial charge in [0.1, 0.15) is 6.04 Å². The van der Waals surface area contributed by atoms with Crippen LogP contribution in [0.15, 0.2) is 53.0 Å². The monoisotopic (exact) mass is 413 g/mol. The molecule has 0 aromatic heterocycles. The van der Waals surface area contributed by atoms with Crippen LogP contribution >= 0.6 is 15.9 Å². The van der Waals surface area contributed by atoms with Crippen molar-refractivity contribution in [3.05, 3.63) is 64.1 Å². The van der Waals surface area contributed by atoms with Gasteiger partial charge in [0.15, 0.2) is 0 Å². The second-order valence-corrected chi connectivity index (χ2v) is 8.50. The highest BCUT2D eigenvalue weighted by Gasteiger charge is 2.54. The maximum Gasteiger partial charge on any atom is 0.246 e. The molecular formula is C21H24BrN3O. The van der Waals surface area contributed by atoms with E-state index < -0.39 is 0 Å². The third kappa shape index (κ3) is 2.88. The van der Waals surface area contributed by atoms with E-state index in [9.17, 15) is 4.79 Å². The number of carbonyl (C=O) groups excluding carboxylic acids is 1. The molecule has 2 N–H and O–H groups in total. The lowest BCUT2D eigenvalue weighted by molar-refractivity contribution is -0.119. The van der Waals surface area contributed by atoms with Crippen LogP contribution in [0.5, 0.6) is 0 Å². The lowest BCUT2D eigenvalue weighted by Crippen LogP contribution is -2.42. The van der Waals surface area contributed by atoms with Gasteiger partial charge in [-0.15, -0.1) is 0 Å². The Morgan fingerprint density at radius 2 is 1.65 bits per heavy atom. The predicted molar refractivity (Wildman–Crippen MR) is 108 cm³/mol. The zero-order chi connectivity index (χ0) is 18.4. The maximum absolute atomic E-state index is 13.2. The van der Waals surface area contributed by atoms with Crippen LogP contribution < -0.4 is 15.8 Å². The van der Waals surface area contributed by atoms with Crippen molar-refractivity contribution in [3.8, 4) is 0 Å². The van der Waals surface area contributed by atoms with E-state index >= 15 is 0 Å². The fourth-order valence-corrected chi connectivity index (χ4v) is 4.45. The van der Waals surface area contributed by atoms with Crippen molar-refractivity contribution in [2.45, 2.75) is 44.8 Å². The molecule has 4 nitrogen and oxygen atoms in total. The number of rotatable bonds is 3. The van der Waals surface area contributed by atoms with Crippen LogP contribution in [-0.2, 0) is 4.79 Å². The van der Waals surface area contributed by atoms with Crippen molar-refractivity contribution in [2.24, 2.45) is 5.92 Å². The number of hydrazine groups is 1. The average molecular weight is 414 g/mol. The van der Waals surface area contributed by atoms with Crippen LogP contribution in [0.4, 0.5) is 5.69 Å². The molecule has 0 aliphatic carbocycles. The number of hydrogen-bond acceptors (Lipinski definition) is 3. The molecule has 2 aromatic rings. The van der Waals surface area contributed by atoms with Crippen LogP contribution in [0.1, 0.15) is 43.9 Å². The predicted octanol–water partition coefficient (Wildman–Crippen LogP) is 4.14. The van der Waals surface area contributed by atoms with Gasteiger partial charge in [0.05, 0.1) is 6.04 Å².